The summed E-state index contributed by atoms with van der Waals surface area (Å²) in [6.45, 7) is 0. The normalized spacial score (nSPS) is 10.8. The molecule has 0 spiro atoms. The van der Waals surface area contributed by atoms with Gasteiger partial charge < -0.3 is 0 Å². The molecule has 112 valence electrons. The molecule has 0 fully saturated rings. The summed E-state index contributed by atoms with van der Waals surface area (Å²) in [4.78, 5) is 16.6. The minimum Gasteiger partial charge on any atom is -0.298 e. The standard InChI is InChI=1S/C17H12N4OS/c22-16(12-9-5-2-6-10-12)19-17-18-15-14(23-17)13(20-21-15)11-7-3-1-4-8-11/h1-10H,(H2,18,19,20,21,22). The van der Waals surface area contributed by atoms with Crippen molar-refractivity contribution in [2.75, 3.05) is 5.32 Å². The average molecular weight is 320 g/mol. The van der Waals surface area contributed by atoms with E-state index in [1.54, 1.807) is 12.1 Å². The lowest BCUT2D eigenvalue weighted by Gasteiger charge is -2.00. The van der Waals surface area contributed by atoms with Crippen molar-refractivity contribution >= 4 is 32.7 Å². The van der Waals surface area contributed by atoms with Crippen LogP contribution in [0.1, 0.15) is 10.4 Å². The van der Waals surface area contributed by atoms with Crippen molar-refractivity contribution < 1.29 is 4.79 Å². The van der Waals surface area contributed by atoms with Gasteiger partial charge in [0.15, 0.2) is 10.8 Å². The SMILES string of the molecule is O=C(Nc1nc2n[nH]c(-c3ccccc3)c2s1)c1ccccc1. The Hall–Kier alpha value is -2.99. The van der Waals surface area contributed by atoms with Crippen molar-refractivity contribution in [3.63, 3.8) is 0 Å². The molecule has 23 heavy (non-hydrogen) atoms. The maximum absolute atomic E-state index is 12.2. The highest BCUT2D eigenvalue weighted by Gasteiger charge is 2.15. The fourth-order valence-electron chi connectivity index (χ4n) is 2.32. The molecule has 6 heteroatoms. The van der Waals surface area contributed by atoms with Crippen LogP contribution < -0.4 is 5.32 Å². The van der Waals surface area contributed by atoms with Crippen LogP contribution in [0.25, 0.3) is 21.6 Å². The molecule has 0 bridgehead atoms. The Morgan fingerprint density at radius 1 is 1.00 bits per heavy atom. The van der Waals surface area contributed by atoms with Gasteiger partial charge in [-0.05, 0) is 12.1 Å². The van der Waals surface area contributed by atoms with Crippen LogP contribution in [0.5, 0.6) is 0 Å². The largest absolute Gasteiger partial charge is 0.298 e. The summed E-state index contributed by atoms with van der Waals surface area (Å²) in [6.07, 6.45) is 0. The second-order valence-corrected chi connectivity index (χ2v) is 5.96. The molecule has 2 aromatic heterocycles. The van der Waals surface area contributed by atoms with Crippen molar-refractivity contribution in [1.82, 2.24) is 15.2 Å². The molecule has 0 aliphatic heterocycles. The second kappa shape index (κ2) is 5.66. The summed E-state index contributed by atoms with van der Waals surface area (Å²) in [5, 5.41) is 10.6. The van der Waals surface area contributed by atoms with Crippen molar-refractivity contribution in [2.45, 2.75) is 0 Å². The third-order valence-corrected chi connectivity index (χ3v) is 4.41. The van der Waals surface area contributed by atoms with Crippen LogP contribution >= 0.6 is 11.3 Å². The Morgan fingerprint density at radius 2 is 1.70 bits per heavy atom. The van der Waals surface area contributed by atoms with E-state index >= 15 is 0 Å². The maximum atomic E-state index is 12.2. The van der Waals surface area contributed by atoms with Crippen LogP contribution in [0.3, 0.4) is 0 Å². The third kappa shape index (κ3) is 2.60. The Labute approximate surface area is 136 Å². The average Bonchev–Trinajstić information content (AvgIpc) is 3.16. The quantitative estimate of drug-likeness (QED) is 0.600. The molecule has 0 aliphatic carbocycles. The number of hydrogen-bond acceptors (Lipinski definition) is 4. The lowest BCUT2D eigenvalue weighted by molar-refractivity contribution is 0.102. The van der Waals surface area contributed by atoms with Gasteiger partial charge in [0.25, 0.3) is 5.91 Å². The molecule has 2 heterocycles. The highest BCUT2D eigenvalue weighted by Crippen LogP contribution is 2.33. The number of amides is 1. The Bertz CT molecular complexity index is 960. The number of H-pyrrole nitrogens is 1. The zero-order valence-electron chi connectivity index (χ0n) is 12.0. The predicted octanol–water partition coefficient (Wildman–Crippen LogP) is 3.94. The lowest BCUT2D eigenvalue weighted by Crippen LogP contribution is -2.11. The number of nitrogens with zero attached hydrogens (tertiary/aromatic N) is 2. The van der Waals surface area contributed by atoms with Crippen LogP contribution in [0.15, 0.2) is 60.7 Å². The molecule has 0 aliphatic rings. The molecule has 0 radical (unpaired) electrons. The van der Waals surface area contributed by atoms with E-state index in [4.69, 9.17) is 0 Å². The first-order chi connectivity index (χ1) is 11.3. The van der Waals surface area contributed by atoms with E-state index in [2.05, 4.69) is 20.5 Å². The number of rotatable bonds is 3. The molecule has 0 saturated heterocycles. The summed E-state index contributed by atoms with van der Waals surface area (Å²) in [5.41, 5.74) is 3.17. The fourth-order valence-corrected chi connectivity index (χ4v) is 3.24. The number of fused-ring (bicyclic) bond motifs is 1. The van der Waals surface area contributed by atoms with Crippen molar-refractivity contribution in [3.8, 4) is 11.3 Å². The van der Waals surface area contributed by atoms with Crippen molar-refractivity contribution in [3.05, 3.63) is 66.2 Å². The van der Waals surface area contributed by atoms with Crippen LogP contribution in [0.2, 0.25) is 0 Å². The van der Waals surface area contributed by atoms with Gasteiger partial charge in [-0.2, -0.15) is 10.1 Å². The molecule has 0 saturated carbocycles. The third-order valence-electron chi connectivity index (χ3n) is 3.43. The molecule has 4 aromatic rings. The van der Waals surface area contributed by atoms with Crippen LogP contribution in [0.4, 0.5) is 5.13 Å². The first-order valence-corrected chi connectivity index (χ1v) is 7.89. The zero-order chi connectivity index (χ0) is 15.6. The predicted molar refractivity (Wildman–Crippen MR) is 91.6 cm³/mol. The summed E-state index contributed by atoms with van der Waals surface area (Å²) < 4.78 is 0.930. The van der Waals surface area contributed by atoms with Crippen molar-refractivity contribution in [2.24, 2.45) is 0 Å². The van der Waals surface area contributed by atoms with Gasteiger partial charge in [0.05, 0.1) is 5.69 Å². The van der Waals surface area contributed by atoms with E-state index in [0.717, 1.165) is 16.0 Å². The van der Waals surface area contributed by atoms with Gasteiger partial charge in [-0.3, -0.25) is 15.2 Å². The van der Waals surface area contributed by atoms with Gasteiger partial charge in [-0.15, -0.1) is 0 Å². The topological polar surface area (TPSA) is 70.7 Å². The van der Waals surface area contributed by atoms with E-state index in [1.807, 2.05) is 48.5 Å². The van der Waals surface area contributed by atoms with E-state index in [0.29, 0.717) is 16.3 Å². The number of nitrogens with one attached hydrogen (secondary N) is 2. The number of thiazole rings is 1. The number of hydrogen-bond donors (Lipinski definition) is 2. The van der Waals surface area contributed by atoms with Gasteiger partial charge >= 0.3 is 0 Å². The van der Waals surface area contributed by atoms with Crippen LogP contribution in [-0.2, 0) is 0 Å². The number of anilines is 1. The zero-order valence-corrected chi connectivity index (χ0v) is 12.8. The Kier molecular flexibility index (Phi) is 3.36. The molecule has 0 atom stereocenters. The highest BCUT2D eigenvalue weighted by atomic mass is 32.1. The minimum absolute atomic E-state index is 0.174. The summed E-state index contributed by atoms with van der Waals surface area (Å²) >= 11 is 1.41. The minimum atomic E-state index is -0.174. The monoisotopic (exact) mass is 320 g/mol. The number of benzene rings is 2. The van der Waals surface area contributed by atoms with Gasteiger partial charge in [-0.1, -0.05) is 59.9 Å². The Morgan fingerprint density at radius 3 is 2.43 bits per heavy atom. The molecule has 2 aromatic carbocycles. The first kappa shape index (κ1) is 13.7. The van der Waals surface area contributed by atoms with Gasteiger partial charge in [0, 0.05) is 11.1 Å². The number of carbonyl (C=O) groups is 1. The van der Waals surface area contributed by atoms with E-state index < -0.39 is 0 Å². The lowest BCUT2D eigenvalue weighted by atomic mass is 10.2. The van der Waals surface area contributed by atoms with Gasteiger partial charge in [-0.25, -0.2) is 0 Å². The number of aromatic amines is 1. The number of carbonyl (C=O) groups excluding carboxylic acids is 1. The van der Waals surface area contributed by atoms with Crippen LogP contribution in [-0.4, -0.2) is 21.1 Å². The molecule has 1 amide bonds. The van der Waals surface area contributed by atoms with Crippen LogP contribution in [0, 0.1) is 0 Å². The number of aromatic nitrogens is 3. The smallest absolute Gasteiger partial charge is 0.257 e. The fraction of sp³-hybridized carbons (Fsp3) is 0. The molecular formula is C17H12N4OS. The van der Waals surface area contributed by atoms with E-state index in [1.165, 1.54) is 11.3 Å². The van der Waals surface area contributed by atoms with Crippen molar-refractivity contribution in [1.29, 1.82) is 0 Å². The van der Waals surface area contributed by atoms with E-state index in [-0.39, 0.29) is 5.91 Å². The summed E-state index contributed by atoms with van der Waals surface area (Å²) in [6, 6.07) is 19.0. The van der Waals surface area contributed by atoms with E-state index in [9.17, 15) is 4.79 Å². The summed E-state index contributed by atoms with van der Waals surface area (Å²) in [7, 11) is 0. The summed E-state index contributed by atoms with van der Waals surface area (Å²) in [5.74, 6) is -0.174. The maximum Gasteiger partial charge on any atom is 0.257 e. The molecule has 5 nitrogen and oxygen atoms in total. The second-order valence-electron chi connectivity index (χ2n) is 4.96. The first-order valence-electron chi connectivity index (χ1n) is 7.08. The molecule has 4 rings (SSSR count). The Balaban J connectivity index is 1.65. The van der Waals surface area contributed by atoms with Gasteiger partial charge in [0.1, 0.15) is 4.70 Å². The molecule has 0 unspecified atom stereocenters. The molecule has 2 N–H and O–H groups in total. The molecular weight excluding hydrogens is 308 g/mol. The highest BCUT2D eigenvalue weighted by molar-refractivity contribution is 7.22. The van der Waals surface area contributed by atoms with Gasteiger partial charge in [0.2, 0.25) is 0 Å².